The Morgan fingerprint density at radius 3 is 2.32 bits per heavy atom. The molecule has 2 aromatic rings. The van der Waals surface area contributed by atoms with E-state index in [4.69, 9.17) is 18.9 Å². The van der Waals surface area contributed by atoms with E-state index in [9.17, 15) is 24.6 Å². The van der Waals surface area contributed by atoms with Crippen LogP contribution in [0.4, 0.5) is 0 Å². The van der Waals surface area contributed by atoms with Crippen LogP contribution in [0.15, 0.2) is 66.3 Å². The van der Waals surface area contributed by atoms with Gasteiger partial charge >= 0.3 is 11.9 Å². The van der Waals surface area contributed by atoms with Crippen molar-refractivity contribution in [2.75, 3.05) is 6.61 Å². The van der Waals surface area contributed by atoms with Gasteiger partial charge in [0.25, 0.3) is 0 Å². The number of phenolic OH excluding ortho intramolecular Hbond substituents is 1. The van der Waals surface area contributed by atoms with E-state index in [1.54, 1.807) is 51.1 Å². The zero-order valence-corrected chi connectivity index (χ0v) is 32.1. The van der Waals surface area contributed by atoms with E-state index in [0.717, 1.165) is 44.1 Å². The number of aliphatic hydroxyl groups excluding tert-OH is 1. The summed E-state index contributed by atoms with van der Waals surface area (Å²) < 4.78 is 25.1. The molecule has 1 aliphatic carbocycles. The molecule has 10 nitrogen and oxygen atoms in total. The van der Waals surface area contributed by atoms with Crippen LogP contribution in [0.1, 0.15) is 127 Å². The lowest BCUT2D eigenvalue weighted by Gasteiger charge is -2.31. The van der Waals surface area contributed by atoms with Crippen molar-refractivity contribution in [2.24, 2.45) is 0 Å². The molecule has 53 heavy (non-hydrogen) atoms. The van der Waals surface area contributed by atoms with Gasteiger partial charge in [-0.1, -0.05) is 88.1 Å². The second kappa shape index (κ2) is 19.9. The summed E-state index contributed by atoms with van der Waals surface area (Å²) in [5.74, 6) is -2.06. The molecular formula is C43H59NO9. The predicted molar refractivity (Wildman–Crippen MR) is 204 cm³/mol. The first-order valence-corrected chi connectivity index (χ1v) is 19.3. The number of nitrogens with one attached hydrogen (secondary N) is 1. The average molecular weight is 734 g/mol. The number of phenols is 1. The highest BCUT2D eigenvalue weighted by molar-refractivity contribution is 5.95. The van der Waals surface area contributed by atoms with E-state index in [1.165, 1.54) is 0 Å². The Hall–Kier alpha value is -3.99. The van der Waals surface area contributed by atoms with Gasteiger partial charge in [-0.15, -0.1) is 0 Å². The molecule has 4 atom stereocenters. The number of para-hydroxylation sites is 1. The van der Waals surface area contributed by atoms with Gasteiger partial charge in [-0.05, 0) is 75.8 Å². The van der Waals surface area contributed by atoms with Crippen molar-refractivity contribution < 1.29 is 43.5 Å². The molecular weight excluding hydrogens is 674 g/mol. The number of aromatic hydroxyl groups is 1. The summed E-state index contributed by atoms with van der Waals surface area (Å²) in [6.07, 6.45) is 11.5. The molecule has 1 saturated heterocycles. The molecule has 2 aliphatic rings. The number of unbranched alkanes of at least 4 members (excludes halogenated alkanes) is 4. The number of benzene rings is 2. The van der Waals surface area contributed by atoms with Gasteiger partial charge in [-0.2, -0.15) is 0 Å². The number of hydrogen-bond donors (Lipinski definition) is 3. The van der Waals surface area contributed by atoms with E-state index in [-0.39, 0.29) is 31.6 Å². The van der Waals surface area contributed by atoms with Gasteiger partial charge < -0.3 is 34.5 Å². The summed E-state index contributed by atoms with van der Waals surface area (Å²) in [7, 11) is 0. The van der Waals surface area contributed by atoms with Crippen LogP contribution >= 0.6 is 0 Å². The van der Waals surface area contributed by atoms with E-state index >= 15 is 0 Å². The minimum absolute atomic E-state index is 0.0299. The van der Waals surface area contributed by atoms with Gasteiger partial charge in [-0.3, -0.25) is 9.59 Å². The molecule has 1 heterocycles. The van der Waals surface area contributed by atoms with Gasteiger partial charge in [0.2, 0.25) is 5.91 Å². The van der Waals surface area contributed by atoms with E-state index in [1.807, 2.05) is 36.4 Å². The largest absolute Gasteiger partial charge is 0.508 e. The highest BCUT2D eigenvalue weighted by Gasteiger charge is 2.52. The molecule has 1 amide bonds. The Bertz CT molecular complexity index is 1570. The van der Waals surface area contributed by atoms with E-state index in [0.29, 0.717) is 36.0 Å². The molecule has 1 fully saturated rings. The van der Waals surface area contributed by atoms with Crippen molar-refractivity contribution in [3.05, 3.63) is 82.9 Å². The third-order valence-corrected chi connectivity index (χ3v) is 9.53. The summed E-state index contributed by atoms with van der Waals surface area (Å²) in [5, 5.41) is 23.1. The van der Waals surface area contributed by atoms with Crippen molar-refractivity contribution in [2.45, 2.75) is 147 Å². The monoisotopic (exact) mass is 733 g/mol. The second-order valence-corrected chi connectivity index (χ2v) is 15.1. The lowest BCUT2D eigenvalue weighted by molar-refractivity contribution is -0.190. The molecule has 290 valence electrons. The van der Waals surface area contributed by atoms with Crippen molar-refractivity contribution in [1.82, 2.24) is 5.32 Å². The Morgan fingerprint density at radius 2 is 1.66 bits per heavy atom. The molecule has 0 aromatic heterocycles. The van der Waals surface area contributed by atoms with Crippen molar-refractivity contribution in [3.8, 4) is 5.75 Å². The number of aliphatic hydroxyl groups is 1. The summed E-state index contributed by atoms with van der Waals surface area (Å²) in [6.45, 7) is 9.29. The fourth-order valence-electron chi connectivity index (χ4n) is 6.80. The number of carbonyl (C=O) groups is 3. The number of amides is 1. The van der Waals surface area contributed by atoms with Crippen LogP contribution in [0.25, 0.3) is 6.08 Å². The van der Waals surface area contributed by atoms with Crippen LogP contribution < -0.4 is 5.32 Å². The van der Waals surface area contributed by atoms with Crippen LogP contribution in [0.3, 0.4) is 0 Å². The van der Waals surface area contributed by atoms with Crippen molar-refractivity contribution in [3.63, 3.8) is 0 Å². The van der Waals surface area contributed by atoms with Gasteiger partial charge in [0.15, 0.2) is 5.79 Å². The lowest BCUT2D eigenvalue weighted by atomic mass is 9.91. The molecule has 0 unspecified atom stereocenters. The zero-order chi connectivity index (χ0) is 38.4. The second-order valence-electron chi connectivity index (χ2n) is 15.1. The summed E-state index contributed by atoms with van der Waals surface area (Å²) >= 11 is 0. The number of ether oxygens (including phenoxy) is 4. The first-order chi connectivity index (χ1) is 25.4. The number of esters is 2. The maximum Gasteiger partial charge on any atom is 0.339 e. The third-order valence-electron chi connectivity index (χ3n) is 9.53. The van der Waals surface area contributed by atoms with E-state index < -0.39 is 53.6 Å². The van der Waals surface area contributed by atoms with Crippen LogP contribution in [-0.4, -0.2) is 70.4 Å². The van der Waals surface area contributed by atoms with Crippen molar-refractivity contribution >= 4 is 23.9 Å². The number of allylic oxidation sites excluding steroid dienone is 1. The van der Waals surface area contributed by atoms with E-state index in [2.05, 4.69) is 19.2 Å². The maximum atomic E-state index is 14.0. The number of hydrogen-bond acceptors (Lipinski definition) is 9. The summed E-state index contributed by atoms with van der Waals surface area (Å²) in [4.78, 5) is 40.1. The molecule has 0 bridgehead atoms. The molecule has 4 rings (SSSR count). The molecule has 2 aromatic carbocycles. The normalized spacial score (nSPS) is 20.0. The van der Waals surface area contributed by atoms with Crippen LogP contribution in [0.2, 0.25) is 0 Å². The molecule has 0 radical (unpaired) electrons. The summed E-state index contributed by atoms with van der Waals surface area (Å²) in [5.41, 5.74) is 1.50. The fraction of sp³-hybridized carbons (Fsp3) is 0.558. The molecule has 1 aliphatic heterocycles. The third kappa shape index (κ3) is 12.5. The molecule has 3 N–H and O–H groups in total. The standard InChI is InChI=1S/C43H59NO9/c1-6-8-14-25-43(26-15-9-7-2)51-37-28-32(40(48)44-33(29-45)23-24-38(47)52-42(3,4)5)27-36(39(37)53-43)50-41(49)34-21-12-10-17-30(34)19-16-20-31-18-11-13-22-35(31)46/h10-13,16-19,21-22,28,33,36-37,39,45-46H,6-9,14-15,20,23-27,29H2,1-5H3,(H,44,48)/t33-,36+,37+,39-/m0/s1. The first kappa shape index (κ1) is 41.8. The number of fused-ring (bicyclic) bond motifs is 1. The highest BCUT2D eigenvalue weighted by Crippen LogP contribution is 2.43. The molecule has 10 heteroatoms. The van der Waals surface area contributed by atoms with Crippen molar-refractivity contribution in [1.29, 1.82) is 0 Å². The maximum absolute atomic E-state index is 14.0. The predicted octanol–water partition coefficient (Wildman–Crippen LogP) is 7.74. The Kier molecular flexibility index (Phi) is 15.7. The van der Waals surface area contributed by atoms with Crippen LogP contribution in [-0.2, 0) is 35.0 Å². The molecule has 0 spiro atoms. The van der Waals surface area contributed by atoms with Gasteiger partial charge in [0.1, 0.15) is 29.7 Å². The highest BCUT2D eigenvalue weighted by atomic mass is 16.8. The minimum atomic E-state index is -0.864. The number of rotatable bonds is 19. The Balaban J connectivity index is 1.56. The van der Waals surface area contributed by atoms with Crippen LogP contribution in [0.5, 0.6) is 5.75 Å². The summed E-state index contributed by atoms with van der Waals surface area (Å²) in [6, 6.07) is 13.6. The smallest absolute Gasteiger partial charge is 0.339 e. The number of carbonyl (C=O) groups excluding carboxylic acids is 3. The Labute approximate surface area is 314 Å². The SMILES string of the molecule is CCCCCC1(CCCCC)O[C@@H]2[C@@H](C=C(C(=O)N[C@H](CO)CCC(=O)OC(C)(C)C)C[C@H]2OC(=O)c2ccccc2C=CCc2ccccc2O)O1. The minimum Gasteiger partial charge on any atom is -0.508 e. The Morgan fingerprint density at radius 1 is 0.981 bits per heavy atom. The van der Waals surface area contributed by atoms with Crippen LogP contribution in [0, 0.1) is 0 Å². The average Bonchev–Trinajstić information content (AvgIpc) is 3.49. The lowest BCUT2D eigenvalue weighted by Crippen LogP contribution is -2.45. The fourth-order valence-corrected chi connectivity index (χ4v) is 6.80. The van der Waals surface area contributed by atoms with Gasteiger partial charge in [0.05, 0.1) is 18.2 Å². The quantitative estimate of drug-likeness (QED) is 0.0977. The topological polar surface area (TPSA) is 141 Å². The molecule has 0 saturated carbocycles. The van der Waals surface area contributed by atoms with Gasteiger partial charge in [-0.25, -0.2) is 4.79 Å². The zero-order valence-electron chi connectivity index (χ0n) is 32.1. The first-order valence-electron chi connectivity index (χ1n) is 19.3. The van der Waals surface area contributed by atoms with Gasteiger partial charge in [0, 0.05) is 31.3 Å².